The highest BCUT2D eigenvalue weighted by Crippen LogP contribution is 2.12. The van der Waals surface area contributed by atoms with Gasteiger partial charge in [0.05, 0.1) is 7.11 Å². The van der Waals surface area contributed by atoms with Crippen molar-refractivity contribution in [3.8, 4) is 0 Å². The van der Waals surface area contributed by atoms with Crippen molar-refractivity contribution in [2.24, 2.45) is 0 Å². The maximum Gasteiger partial charge on any atom is 0.325 e. The van der Waals surface area contributed by atoms with Crippen LogP contribution in [-0.2, 0) is 16.1 Å². The Bertz CT molecular complexity index is 465. The first-order chi connectivity index (χ1) is 10.2. The Morgan fingerprint density at radius 1 is 1.43 bits per heavy atom. The number of nitrogens with zero attached hydrogens (tertiary/aromatic N) is 2. The van der Waals surface area contributed by atoms with Gasteiger partial charge >= 0.3 is 5.97 Å². The molecule has 1 aliphatic rings. The van der Waals surface area contributed by atoms with E-state index in [9.17, 15) is 4.79 Å². The number of nitrogens with one attached hydrogen (secondary N) is 1. The number of methoxy groups -OCH3 is 1. The highest BCUT2D eigenvalue weighted by Gasteiger charge is 2.17. The molecule has 1 saturated heterocycles. The van der Waals surface area contributed by atoms with Crippen LogP contribution >= 0.6 is 23.6 Å². The zero-order chi connectivity index (χ0) is 15.1. The first kappa shape index (κ1) is 16.2. The molecule has 116 valence electrons. The van der Waals surface area contributed by atoms with Crippen LogP contribution in [0.2, 0.25) is 0 Å². The molecule has 1 aromatic heterocycles. The normalized spacial score (nSPS) is 16.3. The van der Waals surface area contributed by atoms with Gasteiger partial charge in [-0.3, -0.25) is 9.69 Å². The summed E-state index contributed by atoms with van der Waals surface area (Å²) < 4.78 is 4.60. The minimum Gasteiger partial charge on any atom is -0.468 e. The minimum absolute atomic E-state index is 0.129. The zero-order valence-corrected chi connectivity index (χ0v) is 13.8. The molecule has 0 amide bonds. The molecule has 1 N–H and O–H groups in total. The number of hydrogen-bond acceptors (Lipinski definition) is 5. The number of hydrogen-bond donors (Lipinski definition) is 1. The summed E-state index contributed by atoms with van der Waals surface area (Å²) in [6, 6.07) is 2.18. The second kappa shape index (κ2) is 8.31. The van der Waals surface area contributed by atoms with Crippen LogP contribution in [0.15, 0.2) is 16.8 Å². The average Bonchev–Trinajstić information content (AvgIpc) is 2.89. The fourth-order valence-electron chi connectivity index (χ4n) is 2.30. The molecule has 0 atom stereocenters. The van der Waals surface area contributed by atoms with Crippen LogP contribution in [0.4, 0.5) is 0 Å². The van der Waals surface area contributed by atoms with Crippen molar-refractivity contribution in [1.29, 1.82) is 0 Å². The third kappa shape index (κ3) is 5.26. The van der Waals surface area contributed by atoms with Gasteiger partial charge < -0.3 is 15.0 Å². The van der Waals surface area contributed by atoms with E-state index < -0.39 is 0 Å². The van der Waals surface area contributed by atoms with Gasteiger partial charge in [0, 0.05) is 32.7 Å². The van der Waals surface area contributed by atoms with Crippen molar-refractivity contribution in [2.45, 2.75) is 13.0 Å². The number of ether oxygens (including phenoxy) is 1. The van der Waals surface area contributed by atoms with Crippen molar-refractivity contribution in [1.82, 2.24) is 15.1 Å². The maximum atomic E-state index is 11.1. The van der Waals surface area contributed by atoms with Gasteiger partial charge in [0.15, 0.2) is 5.11 Å². The minimum atomic E-state index is -0.300. The number of esters is 1. The fourth-order valence-corrected chi connectivity index (χ4v) is 3.22. The van der Waals surface area contributed by atoms with Crippen LogP contribution in [-0.4, -0.2) is 60.7 Å². The van der Waals surface area contributed by atoms with E-state index in [0.29, 0.717) is 5.11 Å². The van der Waals surface area contributed by atoms with Crippen LogP contribution < -0.4 is 5.32 Å². The third-order valence-corrected chi connectivity index (χ3v) is 4.61. The molecule has 0 radical (unpaired) electrons. The lowest BCUT2D eigenvalue weighted by atomic mass is 10.3. The molecule has 0 unspecified atom stereocenters. The molecule has 2 rings (SSSR count). The lowest BCUT2D eigenvalue weighted by Crippen LogP contribution is -2.43. The van der Waals surface area contributed by atoms with Crippen LogP contribution in [0.1, 0.15) is 12.0 Å². The van der Waals surface area contributed by atoms with Crippen molar-refractivity contribution in [3.63, 3.8) is 0 Å². The molecule has 5 nitrogen and oxygen atoms in total. The summed E-state index contributed by atoms with van der Waals surface area (Å²) in [5.41, 5.74) is 1.37. The Morgan fingerprint density at radius 3 is 3.00 bits per heavy atom. The summed E-state index contributed by atoms with van der Waals surface area (Å²) >= 11 is 7.08. The first-order valence-corrected chi connectivity index (χ1v) is 8.37. The van der Waals surface area contributed by atoms with Crippen molar-refractivity contribution in [2.75, 3.05) is 39.8 Å². The predicted molar refractivity (Wildman–Crippen MR) is 88.4 cm³/mol. The monoisotopic (exact) mass is 327 g/mol. The Labute approximate surface area is 134 Å². The molecular weight excluding hydrogens is 306 g/mol. The molecule has 21 heavy (non-hydrogen) atoms. The second-order valence-electron chi connectivity index (χ2n) is 4.98. The summed E-state index contributed by atoms with van der Waals surface area (Å²) in [6.45, 7) is 5.00. The smallest absolute Gasteiger partial charge is 0.325 e. The number of rotatable bonds is 4. The van der Waals surface area contributed by atoms with Gasteiger partial charge in [-0.2, -0.15) is 11.3 Å². The SMILES string of the molecule is COC(=O)CNC(=S)N1CCCN(Cc2ccsc2)CC1. The number of thiocarbonyl (C=S) groups is 1. The molecule has 0 aromatic carbocycles. The number of thiophene rings is 1. The Morgan fingerprint density at radius 2 is 2.29 bits per heavy atom. The lowest BCUT2D eigenvalue weighted by Gasteiger charge is -2.24. The van der Waals surface area contributed by atoms with Crippen LogP contribution in [0.5, 0.6) is 0 Å². The maximum absolute atomic E-state index is 11.1. The van der Waals surface area contributed by atoms with Gasteiger partial charge in [0.1, 0.15) is 6.54 Å². The van der Waals surface area contributed by atoms with E-state index >= 15 is 0 Å². The Kier molecular flexibility index (Phi) is 6.41. The summed E-state index contributed by atoms with van der Waals surface area (Å²) in [6.07, 6.45) is 1.07. The zero-order valence-electron chi connectivity index (χ0n) is 12.2. The fraction of sp³-hybridized carbons (Fsp3) is 0.571. The molecule has 1 fully saturated rings. The summed E-state index contributed by atoms with van der Waals surface area (Å²) in [7, 11) is 1.38. The van der Waals surface area contributed by atoms with Crippen LogP contribution in [0.3, 0.4) is 0 Å². The first-order valence-electron chi connectivity index (χ1n) is 7.02. The van der Waals surface area contributed by atoms with E-state index in [2.05, 4.69) is 36.7 Å². The summed E-state index contributed by atoms with van der Waals surface area (Å²) in [5, 5.41) is 7.91. The molecule has 0 saturated carbocycles. The highest BCUT2D eigenvalue weighted by atomic mass is 32.1. The molecule has 2 heterocycles. The van der Waals surface area contributed by atoms with Crippen LogP contribution in [0, 0.1) is 0 Å². The van der Waals surface area contributed by atoms with Gasteiger partial charge in [0.25, 0.3) is 0 Å². The third-order valence-electron chi connectivity index (χ3n) is 3.47. The topological polar surface area (TPSA) is 44.8 Å². The molecular formula is C14H21N3O2S2. The molecule has 0 spiro atoms. The van der Waals surface area contributed by atoms with E-state index in [1.165, 1.54) is 12.7 Å². The number of carbonyl (C=O) groups excluding carboxylic acids is 1. The Hall–Kier alpha value is -1.18. The van der Waals surface area contributed by atoms with Crippen molar-refractivity contribution < 1.29 is 9.53 Å². The highest BCUT2D eigenvalue weighted by molar-refractivity contribution is 7.80. The Balaban J connectivity index is 1.77. The van der Waals surface area contributed by atoms with Crippen molar-refractivity contribution in [3.05, 3.63) is 22.4 Å². The summed E-state index contributed by atoms with van der Waals surface area (Å²) in [4.78, 5) is 15.7. The largest absolute Gasteiger partial charge is 0.468 e. The quantitative estimate of drug-likeness (QED) is 0.664. The van der Waals surface area contributed by atoms with E-state index in [1.807, 2.05) is 0 Å². The van der Waals surface area contributed by atoms with Gasteiger partial charge in [-0.15, -0.1) is 0 Å². The lowest BCUT2D eigenvalue weighted by molar-refractivity contribution is -0.139. The van der Waals surface area contributed by atoms with Gasteiger partial charge in [0.2, 0.25) is 0 Å². The molecule has 0 bridgehead atoms. The van der Waals surface area contributed by atoms with Gasteiger partial charge in [-0.1, -0.05) is 0 Å². The summed E-state index contributed by atoms with van der Waals surface area (Å²) in [5.74, 6) is -0.300. The van der Waals surface area contributed by atoms with Gasteiger partial charge in [-0.25, -0.2) is 0 Å². The van der Waals surface area contributed by atoms with E-state index in [-0.39, 0.29) is 12.5 Å². The van der Waals surface area contributed by atoms with E-state index in [0.717, 1.165) is 39.1 Å². The van der Waals surface area contributed by atoms with E-state index in [1.54, 1.807) is 11.3 Å². The van der Waals surface area contributed by atoms with Crippen LogP contribution in [0.25, 0.3) is 0 Å². The van der Waals surface area contributed by atoms with Crippen molar-refractivity contribution >= 4 is 34.6 Å². The number of carbonyl (C=O) groups is 1. The average molecular weight is 327 g/mol. The molecule has 1 aromatic rings. The van der Waals surface area contributed by atoms with E-state index in [4.69, 9.17) is 12.2 Å². The molecule has 7 heteroatoms. The van der Waals surface area contributed by atoms with Gasteiger partial charge in [-0.05, 0) is 41.0 Å². The molecule has 0 aliphatic carbocycles. The second-order valence-corrected chi connectivity index (χ2v) is 6.15. The predicted octanol–water partition coefficient (Wildman–Crippen LogP) is 1.30. The molecule has 1 aliphatic heterocycles. The standard InChI is InChI=1S/C14H21N3O2S2/c1-19-13(18)9-15-14(20)17-5-2-4-16(6-7-17)10-12-3-8-21-11-12/h3,8,11H,2,4-7,9-10H2,1H3,(H,15,20).